The first-order valence-corrected chi connectivity index (χ1v) is 4.63. The van der Waals surface area contributed by atoms with E-state index in [-0.39, 0.29) is 11.6 Å². The van der Waals surface area contributed by atoms with Gasteiger partial charge in [0.25, 0.3) is 0 Å². The molecule has 78 valence electrons. The van der Waals surface area contributed by atoms with Crippen LogP contribution in [0.3, 0.4) is 0 Å². The molecule has 0 aromatic carbocycles. The summed E-state index contributed by atoms with van der Waals surface area (Å²) in [5, 5.41) is 0.375. The van der Waals surface area contributed by atoms with Gasteiger partial charge in [-0.25, -0.2) is 4.98 Å². The third-order valence-corrected chi connectivity index (χ3v) is 2.53. The molecule has 5 nitrogen and oxygen atoms in total. The first-order valence-electron chi connectivity index (χ1n) is 3.46. The van der Waals surface area contributed by atoms with Gasteiger partial charge in [-0.05, 0) is 15.9 Å². The molecule has 1 aromatic heterocycles. The molecule has 0 N–H and O–H groups in total. The van der Waals surface area contributed by atoms with Gasteiger partial charge in [-0.1, -0.05) is 11.6 Å². The van der Waals surface area contributed by atoms with Crippen LogP contribution in [0.15, 0.2) is 10.7 Å². The van der Waals surface area contributed by atoms with Gasteiger partial charge < -0.3 is 9.78 Å². The minimum atomic E-state index is 0.116. The Balaban J connectivity index is 3.08. The van der Waals surface area contributed by atoms with Crippen LogP contribution in [0, 0.1) is 0 Å². The molecule has 0 aliphatic rings. The first-order chi connectivity index (χ1) is 6.70. The molecule has 1 rings (SSSR count). The van der Waals surface area contributed by atoms with Crippen LogP contribution in [0.25, 0.3) is 0 Å². The summed E-state index contributed by atoms with van der Waals surface area (Å²) in [5.74, 6) is 0.326. The molecule has 0 aliphatic carbocycles. The summed E-state index contributed by atoms with van der Waals surface area (Å²) >= 11 is 8.97. The van der Waals surface area contributed by atoms with E-state index in [4.69, 9.17) is 21.4 Å². The largest absolute Gasteiger partial charge is 0.331 e. The fourth-order valence-electron chi connectivity index (χ4n) is 0.727. The van der Waals surface area contributed by atoms with Crippen LogP contribution in [0.4, 0.5) is 0 Å². The molecule has 1 heterocycles. The molecule has 1 aromatic rings. The van der Waals surface area contributed by atoms with E-state index in [1.165, 1.54) is 20.4 Å². The Kier molecular flexibility index (Phi) is 4.40. The molecule has 7 heteroatoms. The molecule has 0 radical (unpaired) electrons. The van der Waals surface area contributed by atoms with Crippen LogP contribution in [0.1, 0.15) is 0 Å². The highest BCUT2D eigenvalue weighted by Crippen LogP contribution is 2.38. The van der Waals surface area contributed by atoms with Crippen molar-refractivity contribution in [3.8, 4) is 11.6 Å². The lowest BCUT2D eigenvalue weighted by Gasteiger charge is -2.08. The van der Waals surface area contributed by atoms with E-state index >= 15 is 0 Å². The SMILES string of the molecule is COOc1ncc(Cl)c(Br)c1OOC. The van der Waals surface area contributed by atoms with Crippen LogP contribution in [0.5, 0.6) is 11.6 Å². The zero-order valence-electron chi connectivity index (χ0n) is 7.41. The third kappa shape index (κ3) is 2.48. The molecular weight excluding hydrogens is 277 g/mol. The van der Waals surface area contributed by atoms with E-state index in [2.05, 4.69) is 30.7 Å². The van der Waals surface area contributed by atoms with Crippen molar-refractivity contribution in [3.05, 3.63) is 15.7 Å². The van der Waals surface area contributed by atoms with Gasteiger partial charge >= 0.3 is 5.88 Å². The molecule has 0 fully saturated rings. The maximum absolute atomic E-state index is 5.78. The van der Waals surface area contributed by atoms with Gasteiger partial charge in [0.1, 0.15) is 0 Å². The normalized spacial score (nSPS) is 10.0. The summed E-state index contributed by atoms with van der Waals surface area (Å²) in [7, 11) is 2.70. The molecule has 14 heavy (non-hydrogen) atoms. The fourth-order valence-corrected chi connectivity index (χ4v) is 1.20. The Morgan fingerprint density at radius 1 is 1.29 bits per heavy atom. The van der Waals surface area contributed by atoms with Crippen molar-refractivity contribution in [2.45, 2.75) is 0 Å². The molecule has 0 aliphatic heterocycles. The molecule has 0 amide bonds. The van der Waals surface area contributed by atoms with Crippen LogP contribution in [-0.2, 0) is 9.78 Å². The monoisotopic (exact) mass is 283 g/mol. The second kappa shape index (κ2) is 5.35. The maximum Gasteiger partial charge on any atom is 0.304 e. The molecule has 0 atom stereocenters. The molecule has 0 unspecified atom stereocenters. The van der Waals surface area contributed by atoms with Crippen molar-refractivity contribution in [3.63, 3.8) is 0 Å². The Hall–Kier alpha value is -0.560. The molecule has 0 spiro atoms. The van der Waals surface area contributed by atoms with Gasteiger partial charge in [-0.2, -0.15) is 9.78 Å². The summed E-state index contributed by atoms with van der Waals surface area (Å²) in [6.45, 7) is 0. The third-order valence-electron chi connectivity index (χ3n) is 1.23. The summed E-state index contributed by atoms with van der Waals surface area (Å²) < 4.78 is 0.475. The minimum Gasteiger partial charge on any atom is -0.331 e. The van der Waals surface area contributed by atoms with E-state index < -0.39 is 0 Å². The lowest BCUT2D eigenvalue weighted by atomic mass is 10.4. The highest BCUT2D eigenvalue weighted by atomic mass is 79.9. The van der Waals surface area contributed by atoms with Crippen molar-refractivity contribution in [2.24, 2.45) is 0 Å². The van der Waals surface area contributed by atoms with Gasteiger partial charge in [0.2, 0.25) is 5.75 Å². The van der Waals surface area contributed by atoms with Gasteiger partial charge in [0.15, 0.2) is 0 Å². The number of aromatic nitrogens is 1. The second-order valence-electron chi connectivity index (χ2n) is 2.05. The second-order valence-corrected chi connectivity index (χ2v) is 3.25. The summed E-state index contributed by atoms with van der Waals surface area (Å²) in [6, 6.07) is 0. The Morgan fingerprint density at radius 3 is 2.50 bits per heavy atom. The van der Waals surface area contributed by atoms with Crippen LogP contribution in [0.2, 0.25) is 5.02 Å². The molecule has 0 saturated carbocycles. The molecule has 0 bridgehead atoms. The smallest absolute Gasteiger partial charge is 0.304 e. The molecular formula is C7H7BrClNO4. The lowest BCUT2D eigenvalue weighted by molar-refractivity contribution is -0.204. The number of nitrogens with zero attached hydrogens (tertiary/aromatic N) is 1. The predicted molar refractivity (Wildman–Crippen MR) is 52.2 cm³/mol. The highest BCUT2D eigenvalue weighted by Gasteiger charge is 2.16. The van der Waals surface area contributed by atoms with Crippen molar-refractivity contribution in [1.29, 1.82) is 0 Å². The average Bonchev–Trinajstić information content (AvgIpc) is 2.18. The Bertz CT molecular complexity index is 323. The summed E-state index contributed by atoms with van der Waals surface area (Å²) in [4.78, 5) is 22.3. The first kappa shape index (κ1) is 11.5. The molecule has 0 saturated heterocycles. The van der Waals surface area contributed by atoms with Gasteiger partial charge in [-0.15, -0.1) is 0 Å². The Morgan fingerprint density at radius 2 is 1.93 bits per heavy atom. The summed E-state index contributed by atoms with van der Waals surface area (Å²) in [5.41, 5.74) is 0. The zero-order valence-corrected chi connectivity index (χ0v) is 9.76. The number of hydrogen-bond acceptors (Lipinski definition) is 5. The van der Waals surface area contributed by atoms with Crippen molar-refractivity contribution >= 4 is 27.5 Å². The predicted octanol–water partition coefficient (Wildman–Crippen LogP) is 2.38. The van der Waals surface area contributed by atoms with E-state index in [0.717, 1.165) is 0 Å². The number of hydrogen-bond donors (Lipinski definition) is 0. The number of pyridine rings is 1. The topological polar surface area (TPSA) is 49.8 Å². The number of halogens is 2. The van der Waals surface area contributed by atoms with Crippen molar-refractivity contribution < 1.29 is 19.6 Å². The average molecular weight is 284 g/mol. The van der Waals surface area contributed by atoms with E-state index in [1.807, 2.05) is 0 Å². The van der Waals surface area contributed by atoms with Crippen LogP contribution in [-0.4, -0.2) is 19.2 Å². The highest BCUT2D eigenvalue weighted by molar-refractivity contribution is 9.10. The van der Waals surface area contributed by atoms with Gasteiger partial charge in [0, 0.05) is 0 Å². The number of rotatable bonds is 4. The standard InChI is InChI=1S/C7H7BrClNO4/c1-11-13-6-5(8)4(9)3-10-7(6)14-12-2/h3H,1-2H3. The zero-order chi connectivity index (χ0) is 10.6. The van der Waals surface area contributed by atoms with E-state index in [1.54, 1.807) is 0 Å². The maximum atomic E-state index is 5.78. The van der Waals surface area contributed by atoms with Gasteiger partial charge in [-0.3, -0.25) is 0 Å². The van der Waals surface area contributed by atoms with Crippen molar-refractivity contribution in [1.82, 2.24) is 4.98 Å². The van der Waals surface area contributed by atoms with Gasteiger partial charge in [0.05, 0.1) is 29.9 Å². The Labute approximate surface area is 93.9 Å². The quantitative estimate of drug-likeness (QED) is 0.627. The fraction of sp³-hybridized carbons (Fsp3) is 0.286. The van der Waals surface area contributed by atoms with Crippen molar-refractivity contribution in [2.75, 3.05) is 14.2 Å². The van der Waals surface area contributed by atoms with Crippen LogP contribution < -0.4 is 9.78 Å². The minimum absolute atomic E-state index is 0.116. The van der Waals surface area contributed by atoms with E-state index in [9.17, 15) is 0 Å². The summed E-state index contributed by atoms with van der Waals surface area (Å²) in [6.07, 6.45) is 1.39. The van der Waals surface area contributed by atoms with Crippen LogP contribution >= 0.6 is 27.5 Å². The van der Waals surface area contributed by atoms with E-state index in [0.29, 0.717) is 9.50 Å². The lowest BCUT2D eigenvalue weighted by Crippen LogP contribution is -2.00.